The molecular formula is C19H25Cl3N2O3. The van der Waals surface area contributed by atoms with Gasteiger partial charge in [0.2, 0.25) is 5.91 Å². The quantitative estimate of drug-likeness (QED) is 0.608. The van der Waals surface area contributed by atoms with E-state index in [1.165, 1.54) is 7.11 Å². The summed E-state index contributed by atoms with van der Waals surface area (Å²) in [6.07, 6.45) is 0. The van der Waals surface area contributed by atoms with Gasteiger partial charge in [0.1, 0.15) is 21.5 Å². The van der Waals surface area contributed by atoms with Gasteiger partial charge in [-0.25, -0.2) is 0 Å². The van der Waals surface area contributed by atoms with E-state index in [9.17, 15) is 4.79 Å². The average Bonchev–Trinajstić information content (AvgIpc) is 2.59. The molecule has 150 valence electrons. The number of amides is 1. The second-order valence-electron chi connectivity index (χ2n) is 6.39. The molecule has 0 saturated heterocycles. The highest BCUT2D eigenvalue weighted by atomic mass is 35.5. The third kappa shape index (κ3) is 7.37. The Morgan fingerprint density at radius 2 is 1.44 bits per heavy atom. The highest BCUT2D eigenvalue weighted by molar-refractivity contribution is 6.35. The third-order valence-electron chi connectivity index (χ3n) is 3.33. The van der Waals surface area contributed by atoms with Gasteiger partial charge in [0.15, 0.2) is 0 Å². The van der Waals surface area contributed by atoms with Crippen LogP contribution in [0.2, 0.25) is 10.0 Å². The molecule has 2 aromatic rings. The van der Waals surface area contributed by atoms with Gasteiger partial charge in [0, 0.05) is 5.41 Å². The number of benzene rings is 2. The predicted molar refractivity (Wildman–Crippen MR) is 116 cm³/mol. The fourth-order valence-corrected chi connectivity index (χ4v) is 2.21. The van der Waals surface area contributed by atoms with Crippen molar-refractivity contribution in [2.45, 2.75) is 20.8 Å². The number of nitrogens with one attached hydrogen (secondary N) is 1. The van der Waals surface area contributed by atoms with Gasteiger partial charge in [-0.2, -0.15) is 0 Å². The van der Waals surface area contributed by atoms with E-state index in [2.05, 4.69) is 5.32 Å². The van der Waals surface area contributed by atoms with Crippen molar-refractivity contribution in [3.05, 3.63) is 46.4 Å². The van der Waals surface area contributed by atoms with Gasteiger partial charge in [-0.05, 0) is 24.3 Å². The number of hydrogen-bond donors (Lipinski definition) is 2. The van der Waals surface area contributed by atoms with Gasteiger partial charge in [-0.1, -0.05) is 56.1 Å². The number of carbonyl (C=O) groups is 1. The smallest absolute Gasteiger partial charge is 0.229 e. The van der Waals surface area contributed by atoms with Crippen molar-refractivity contribution in [3.63, 3.8) is 0 Å². The summed E-state index contributed by atoms with van der Waals surface area (Å²) in [5.74, 6) is 1.08. The zero-order chi connectivity index (χ0) is 19.9. The van der Waals surface area contributed by atoms with E-state index in [0.717, 1.165) is 0 Å². The van der Waals surface area contributed by atoms with Crippen molar-refractivity contribution in [1.29, 1.82) is 0 Å². The van der Waals surface area contributed by atoms with E-state index in [-0.39, 0.29) is 18.3 Å². The predicted octanol–water partition coefficient (Wildman–Crippen LogP) is 5.69. The Morgan fingerprint density at radius 3 is 1.89 bits per heavy atom. The molecule has 2 rings (SSSR count). The third-order valence-corrected chi connectivity index (χ3v) is 4.12. The summed E-state index contributed by atoms with van der Waals surface area (Å²) >= 11 is 11.8. The molecule has 8 heteroatoms. The van der Waals surface area contributed by atoms with Crippen molar-refractivity contribution in [2.24, 2.45) is 5.41 Å². The molecule has 0 unspecified atom stereocenters. The highest BCUT2D eigenvalue weighted by Crippen LogP contribution is 2.32. The molecule has 0 aromatic heterocycles. The second kappa shape index (κ2) is 11.1. The maximum Gasteiger partial charge on any atom is 0.229 e. The molecular weight excluding hydrogens is 411 g/mol. The molecule has 0 spiro atoms. The van der Waals surface area contributed by atoms with Crippen LogP contribution in [0.4, 0.5) is 11.4 Å². The fourth-order valence-electron chi connectivity index (χ4n) is 1.76. The van der Waals surface area contributed by atoms with Crippen molar-refractivity contribution in [1.82, 2.24) is 0 Å². The summed E-state index contributed by atoms with van der Waals surface area (Å²) in [5, 5.41) is 3.67. The number of methoxy groups -OCH3 is 2. The molecule has 0 aliphatic carbocycles. The van der Waals surface area contributed by atoms with Crippen molar-refractivity contribution >= 4 is 52.9 Å². The SMILES string of the molecule is COc1cccc(N)c1Cl.COc1cccc(NC(=O)C(C)(C)C)c1Cl.Cl. The number of anilines is 2. The number of rotatable bonds is 3. The first-order valence-corrected chi connectivity index (χ1v) is 8.59. The number of halogens is 3. The maximum absolute atomic E-state index is 11.8. The lowest BCUT2D eigenvalue weighted by atomic mass is 9.95. The highest BCUT2D eigenvalue weighted by Gasteiger charge is 2.22. The molecule has 5 nitrogen and oxygen atoms in total. The van der Waals surface area contributed by atoms with Crippen LogP contribution in [0.25, 0.3) is 0 Å². The molecule has 0 aliphatic rings. The number of carbonyl (C=O) groups excluding carboxylic acids is 1. The van der Waals surface area contributed by atoms with Crippen LogP contribution in [0, 0.1) is 5.41 Å². The second-order valence-corrected chi connectivity index (χ2v) is 7.15. The van der Waals surface area contributed by atoms with Crippen LogP contribution in [-0.2, 0) is 4.79 Å². The summed E-state index contributed by atoms with van der Waals surface area (Å²) in [5.41, 5.74) is 6.15. The number of nitrogen functional groups attached to an aromatic ring is 1. The monoisotopic (exact) mass is 434 g/mol. The van der Waals surface area contributed by atoms with E-state index in [4.69, 9.17) is 38.4 Å². The molecule has 0 fully saturated rings. The summed E-state index contributed by atoms with van der Waals surface area (Å²) < 4.78 is 9.98. The minimum Gasteiger partial charge on any atom is -0.495 e. The zero-order valence-corrected chi connectivity index (χ0v) is 18.3. The summed E-state index contributed by atoms with van der Waals surface area (Å²) in [4.78, 5) is 11.8. The van der Waals surface area contributed by atoms with Crippen LogP contribution < -0.4 is 20.5 Å². The minimum absolute atomic E-state index is 0. The van der Waals surface area contributed by atoms with Crippen LogP contribution in [0.3, 0.4) is 0 Å². The van der Waals surface area contributed by atoms with Gasteiger partial charge < -0.3 is 20.5 Å². The molecule has 0 aliphatic heterocycles. The van der Waals surface area contributed by atoms with Crippen LogP contribution in [0.5, 0.6) is 11.5 Å². The van der Waals surface area contributed by atoms with Crippen molar-refractivity contribution in [3.8, 4) is 11.5 Å². The number of hydrogen-bond acceptors (Lipinski definition) is 4. The Bertz CT molecular complexity index is 762. The number of nitrogens with two attached hydrogens (primary N) is 1. The lowest BCUT2D eigenvalue weighted by molar-refractivity contribution is -0.123. The molecule has 0 radical (unpaired) electrons. The molecule has 1 amide bonds. The molecule has 0 atom stereocenters. The van der Waals surface area contributed by atoms with Gasteiger partial charge >= 0.3 is 0 Å². The Morgan fingerprint density at radius 1 is 0.963 bits per heavy atom. The van der Waals surface area contributed by atoms with Crippen molar-refractivity contribution < 1.29 is 14.3 Å². The normalized spacial score (nSPS) is 10.0. The van der Waals surface area contributed by atoms with E-state index in [0.29, 0.717) is 32.9 Å². The largest absolute Gasteiger partial charge is 0.495 e. The first-order chi connectivity index (χ1) is 12.1. The average molecular weight is 436 g/mol. The Hall–Kier alpha value is -1.82. The van der Waals surface area contributed by atoms with Crippen molar-refractivity contribution in [2.75, 3.05) is 25.3 Å². The maximum atomic E-state index is 11.8. The zero-order valence-electron chi connectivity index (χ0n) is 15.9. The lowest BCUT2D eigenvalue weighted by Gasteiger charge is -2.18. The molecule has 27 heavy (non-hydrogen) atoms. The molecule has 0 saturated carbocycles. The fraction of sp³-hybridized carbons (Fsp3) is 0.316. The van der Waals surface area contributed by atoms with E-state index in [1.54, 1.807) is 43.5 Å². The van der Waals surface area contributed by atoms with Gasteiger partial charge in [-0.3, -0.25) is 4.79 Å². The van der Waals surface area contributed by atoms with Crippen LogP contribution >= 0.6 is 35.6 Å². The Balaban J connectivity index is 0.000000531. The molecule has 0 heterocycles. The van der Waals surface area contributed by atoms with Gasteiger partial charge in [0.25, 0.3) is 0 Å². The first kappa shape index (κ1) is 25.2. The molecule has 2 aromatic carbocycles. The standard InChI is InChI=1S/C12H16ClNO2.C7H8ClNO.ClH/c1-12(2,3)11(15)14-8-6-5-7-9(16-4)10(8)13;1-10-6-4-2-3-5(9)7(6)8;/h5-7H,1-4H3,(H,14,15);2-4H,9H2,1H3;1H. The Kier molecular flexibility index (Phi) is 10.4. The first-order valence-electron chi connectivity index (χ1n) is 7.83. The van der Waals surface area contributed by atoms with Crippen LogP contribution in [0.15, 0.2) is 36.4 Å². The van der Waals surface area contributed by atoms with Gasteiger partial charge in [0.05, 0.1) is 25.6 Å². The van der Waals surface area contributed by atoms with Crippen LogP contribution in [-0.4, -0.2) is 20.1 Å². The lowest BCUT2D eigenvalue weighted by Crippen LogP contribution is -2.27. The minimum atomic E-state index is -0.452. The number of ether oxygens (including phenoxy) is 2. The van der Waals surface area contributed by atoms with E-state index < -0.39 is 5.41 Å². The molecule has 0 bridgehead atoms. The summed E-state index contributed by atoms with van der Waals surface area (Å²) in [7, 11) is 3.09. The summed E-state index contributed by atoms with van der Waals surface area (Å²) in [6, 6.07) is 10.6. The van der Waals surface area contributed by atoms with Crippen LogP contribution in [0.1, 0.15) is 20.8 Å². The van der Waals surface area contributed by atoms with Gasteiger partial charge in [-0.15, -0.1) is 12.4 Å². The van der Waals surface area contributed by atoms with E-state index in [1.807, 2.05) is 20.8 Å². The summed E-state index contributed by atoms with van der Waals surface area (Å²) in [6.45, 7) is 5.53. The Labute approximate surface area is 176 Å². The topological polar surface area (TPSA) is 73.6 Å². The van der Waals surface area contributed by atoms with E-state index >= 15 is 0 Å². The molecule has 3 N–H and O–H groups in total.